The first-order chi connectivity index (χ1) is 19.2. The number of ketones is 1. The minimum Gasteiger partial charge on any atom is -0.490 e. The van der Waals surface area contributed by atoms with Crippen molar-refractivity contribution in [2.45, 2.75) is 26.4 Å². The van der Waals surface area contributed by atoms with Crippen LogP contribution in [0.4, 0.5) is 0 Å². The number of dihydropyridines is 1. The van der Waals surface area contributed by atoms with Crippen molar-refractivity contribution in [3.63, 3.8) is 0 Å². The second-order valence-corrected chi connectivity index (χ2v) is 10.2. The van der Waals surface area contributed by atoms with Crippen LogP contribution >= 0.6 is 15.9 Å². The molecule has 5 rings (SSSR count). The molecule has 0 bridgehead atoms. The topological polar surface area (TPSA) is 111 Å². The number of rotatable bonds is 8. The molecule has 1 heterocycles. The summed E-state index contributed by atoms with van der Waals surface area (Å²) in [7, 11) is 1.32. The van der Waals surface area contributed by atoms with Crippen molar-refractivity contribution in [3.05, 3.63) is 110 Å². The zero-order valence-corrected chi connectivity index (χ0v) is 23.6. The van der Waals surface area contributed by atoms with E-state index in [1.165, 1.54) is 19.2 Å². The molecule has 3 aromatic rings. The van der Waals surface area contributed by atoms with Crippen LogP contribution in [0.5, 0.6) is 11.5 Å². The molecule has 1 aliphatic carbocycles. The summed E-state index contributed by atoms with van der Waals surface area (Å²) in [4.78, 5) is 37.9. The Morgan fingerprint density at radius 1 is 1.02 bits per heavy atom. The van der Waals surface area contributed by atoms with Crippen molar-refractivity contribution in [2.75, 3.05) is 13.7 Å². The van der Waals surface area contributed by atoms with Gasteiger partial charge in [-0.1, -0.05) is 36.4 Å². The van der Waals surface area contributed by atoms with Gasteiger partial charge in [0.2, 0.25) is 0 Å². The first kappa shape index (κ1) is 27.2. The Morgan fingerprint density at radius 2 is 1.73 bits per heavy atom. The Morgan fingerprint density at radius 3 is 2.38 bits per heavy atom. The fourth-order valence-corrected chi connectivity index (χ4v) is 5.67. The van der Waals surface area contributed by atoms with Gasteiger partial charge >= 0.3 is 11.9 Å². The Kier molecular flexibility index (Phi) is 7.49. The zero-order valence-electron chi connectivity index (χ0n) is 22.0. The Balaban J connectivity index is 1.57. The summed E-state index contributed by atoms with van der Waals surface area (Å²) in [6.45, 7) is 4.16. The molecule has 1 aliphatic heterocycles. The number of carboxylic acids is 1. The molecular formula is C31H26BrNO7. The number of aromatic carboxylic acids is 1. The van der Waals surface area contributed by atoms with Crippen molar-refractivity contribution < 1.29 is 33.7 Å². The molecule has 2 N–H and O–H groups in total. The maximum absolute atomic E-state index is 13.7. The van der Waals surface area contributed by atoms with E-state index in [9.17, 15) is 14.4 Å². The first-order valence-corrected chi connectivity index (χ1v) is 13.4. The van der Waals surface area contributed by atoms with Crippen molar-refractivity contribution in [2.24, 2.45) is 0 Å². The molecule has 9 heteroatoms. The second kappa shape index (κ2) is 11.0. The molecule has 0 unspecified atom stereocenters. The van der Waals surface area contributed by atoms with Crippen LogP contribution in [0.15, 0.2) is 82.0 Å². The van der Waals surface area contributed by atoms with Gasteiger partial charge in [-0.3, -0.25) is 4.79 Å². The molecule has 3 aromatic carbocycles. The van der Waals surface area contributed by atoms with Crippen LogP contribution in [0, 0.1) is 0 Å². The third-order valence-corrected chi connectivity index (χ3v) is 7.49. The van der Waals surface area contributed by atoms with Crippen LogP contribution in [-0.2, 0) is 16.1 Å². The number of fused-ring (bicyclic) bond motifs is 2. The Labute approximate surface area is 239 Å². The summed E-state index contributed by atoms with van der Waals surface area (Å²) in [5.41, 5.74) is 5.05. The largest absolute Gasteiger partial charge is 0.490 e. The van der Waals surface area contributed by atoms with Crippen molar-refractivity contribution in [3.8, 4) is 11.5 Å². The van der Waals surface area contributed by atoms with Gasteiger partial charge in [0, 0.05) is 28.3 Å². The van der Waals surface area contributed by atoms with E-state index in [4.69, 9.17) is 19.3 Å². The zero-order chi connectivity index (χ0) is 28.6. The number of methoxy groups -OCH3 is 1. The maximum Gasteiger partial charge on any atom is 0.336 e. The number of carbonyl (C=O) groups excluding carboxylic acids is 2. The molecule has 2 aliphatic rings. The van der Waals surface area contributed by atoms with Crippen LogP contribution in [-0.4, -0.2) is 36.5 Å². The van der Waals surface area contributed by atoms with Crippen LogP contribution in [0.25, 0.3) is 5.70 Å². The van der Waals surface area contributed by atoms with Gasteiger partial charge in [-0.25, -0.2) is 9.59 Å². The quantitative estimate of drug-likeness (QED) is 0.308. The fraction of sp³-hybridized carbons (Fsp3) is 0.194. The van der Waals surface area contributed by atoms with Crippen LogP contribution in [0.1, 0.15) is 57.2 Å². The van der Waals surface area contributed by atoms with Gasteiger partial charge < -0.3 is 24.6 Å². The summed E-state index contributed by atoms with van der Waals surface area (Å²) in [6.07, 6.45) is 0. The second-order valence-electron chi connectivity index (χ2n) is 9.31. The lowest BCUT2D eigenvalue weighted by molar-refractivity contribution is -0.136. The first-order valence-electron chi connectivity index (χ1n) is 12.6. The average Bonchev–Trinajstić information content (AvgIpc) is 3.23. The number of halogens is 1. The standard InChI is InChI=1S/C31H26BrNO7/c1-4-39-23-14-19(13-22(32)29(23)40-15-17-9-11-18(12-10-17)30(35)36)25-24(31(37)38-3)16(2)33-27-20-7-5-6-8-21(20)28(34)26(25)27/h5-14,25,33H,4,15H2,1-3H3,(H,35,36)/t25-/m1/s1. The minimum absolute atomic E-state index is 0.156. The monoisotopic (exact) mass is 603 g/mol. The molecule has 0 amide bonds. The van der Waals surface area contributed by atoms with Gasteiger partial charge in [-0.15, -0.1) is 0 Å². The van der Waals surface area contributed by atoms with Crippen molar-refractivity contribution >= 4 is 39.3 Å². The Hall–Kier alpha value is -4.37. The maximum atomic E-state index is 13.7. The molecule has 8 nitrogen and oxygen atoms in total. The number of ether oxygens (including phenoxy) is 3. The summed E-state index contributed by atoms with van der Waals surface area (Å²) in [5.74, 6) is -1.53. The van der Waals surface area contributed by atoms with E-state index < -0.39 is 17.9 Å². The lowest BCUT2D eigenvalue weighted by atomic mass is 9.79. The molecule has 204 valence electrons. The predicted molar refractivity (Wildman–Crippen MR) is 151 cm³/mol. The van der Waals surface area contributed by atoms with E-state index in [2.05, 4.69) is 21.2 Å². The highest BCUT2D eigenvalue weighted by molar-refractivity contribution is 9.10. The highest BCUT2D eigenvalue weighted by Gasteiger charge is 2.43. The Bertz CT molecular complexity index is 1600. The molecule has 0 spiro atoms. The van der Waals surface area contributed by atoms with Gasteiger partial charge in [0.1, 0.15) is 6.61 Å². The van der Waals surface area contributed by atoms with Gasteiger partial charge in [0.15, 0.2) is 17.3 Å². The third kappa shape index (κ3) is 4.77. The van der Waals surface area contributed by atoms with Gasteiger partial charge in [-0.2, -0.15) is 0 Å². The van der Waals surface area contributed by atoms with Gasteiger partial charge in [0.25, 0.3) is 0 Å². The molecule has 1 atom stereocenters. The van der Waals surface area contributed by atoms with Crippen LogP contribution < -0.4 is 14.8 Å². The van der Waals surface area contributed by atoms with E-state index in [-0.39, 0.29) is 18.0 Å². The van der Waals surface area contributed by atoms with Crippen LogP contribution in [0.2, 0.25) is 0 Å². The smallest absolute Gasteiger partial charge is 0.336 e. The molecular weight excluding hydrogens is 578 g/mol. The van der Waals surface area contributed by atoms with Crippen LogP contribution in [0.3, 0.4) is 0 Å². The average molecular weight is 604 g/mol. The van der Waals surface area contributed by atoms with Gasteiger partial charge in [-0.05, 0) is 65.2 Å². The molecule has 0 saturated heterocycles. The molecule has 0 fully saturated rings. The van der Waals surface area contributed by atoms with Crippen molar-refractivity contribution in [1.29, 1.82) is 0 Å². The van der Waals surface area contributed by atoms with E-state index >= 15 is 0 Å². The normalized spacial score (nSPS) is 15.8. The number of allylic oxidation sites excluding steroid dienone is 2. The summed E-state index contributed by atoms with van der Waals surface area (Å²) in [5, 5.41) is 12.4. The number of esters is 1. The highest BCUT2D eigenvalue weighted by Crippen LogP contribution is 2.49. The number of benzene rings is 3. The van der Waals surface area contributed by atoms with E-state index in [0.29, 0.717) is 56.2 Å². The molecule has 0 aromatic heterocycles. The summed E-state index contributed by atoms with van der Waals surface area (Å²) in [6, 6.07) is 17.4. The number of Topliss-reactive ketones (excluding diaryl/α,β-unsaturated/α-hetero) is 1. The van der Waals surface area contributed by atoms with E-state index in [0.717, 1.165) is 11.1 Å². The lowest BCUT2D eigenvalue weighted by Crippen LogP contribution is -2.29. The number of carbonyl (C=O) groups is 3. The lowest BCUT2D eigenvalue weighted by Gasteiger charge is -2.29. The molecule has 0 saturated carbocycles. The number of nitrogens with one attached hydrogen (secondary N) is 1. The van der Waals surface area contributed by atoms with E-state index in [1.807, 2.05) is 31.2 Å². The number of carboxylic acid groups (broad SMARTS) is 1. The summed E-state index contributed by atoms with van der Waals surface area (Å²) >= 11 is 3.61. The fourth-order valence-electron chi connectivity index (χ4n) is 5.10. The third-order valence-electron chi connectivity index (χ3n) is 6.90. The van der Waals surface area contributed by atoms with Crippen molar-refractivity contribution in [1.82, 2.24) is 5.32 Å². The number of hydrogen-bond donors (Lipinski definition) is 2. The summed E-state index contributed by atoms with van der Waals surface area (Å²) < 4.78 is 17.8. The van der Waals surface area contributed by atoms with Gasteiger partial charge in [0.05, 0.1) is 35.0 Å². The highest BCUT2D eigenvalue weighted by atomic mass is 79.9. The molecule has 40 heavy (non-hydrogen) atoms. The predicted octanol–water partition coefficient (Wildman–Crippen LogP) is 5.87. The SMILES string of the molecule is CCOc1cc([C@@H]2C(C(=O)OC)=C(C)NC3=C2C(=O)c2ccccc23)cc(Br)c1OCc1ccc(C(=O)O)cc1. The molecule has 0 radical (unpaired) electrons. The minimum atomic E-state index is -1.000. The number of hydrogen-bond acceptors (Lipinski definition) is 7. The van der Waals surface area contributed by atoms with E-state index in [1.54, 1.807) is 31.2 Å².